The predicted octanol–water partition coefficient (Wildman–Crippen LogP) is 2.37. The number of rotatable bonds is 4. The van der Waals surface area contributed by atoms with Gasteiger partial charge >= 0.3 is 12.0 Å². The van der Waals surface area contributed by atoms with Crippen LogP contribution in [0.5, 0.6) is 0 Å². The summed E-state index contributed by atoms with van der Waals surface area (Å²) in [5.74, 6) is 0.775. The highest BCUT2D eigenvalue weighted by Crippen LogP contribution is 2.32. The Kier molecular flexibility index (Phi) is 5.18. The Bertz CT molecular complexity index is 377. The number of amides is 2. The molecular weight excluding hydrogens is 276 g/mol. The third-order valence-corrected chi connectivity index (χ3v) is 5.97. The zero-order valence-corrected chi connectivity index (χ0v) is 13.0. The summed E-state index contributed by atoms with van der Waals surface area (Å²) in [6, 6.07) is -0.903. The highest BCUT2D eigenvalue weighted by Gasteiger charge is 2.41. The van der Waals surface area contributed by atoms with Gasteiger partial charge in [-0.2, -0.15) is 0 Å². The fourth-order valence-electron chi connectivity index (χ4n) is 3.18. The lowest BCUT2D eigenvalue weighted by atomic mass is 9.98. The van der Waals surface area contributed by atoms with E-state index in [1.807, 2.05) is 6.92 Å². The average molecular weight is 300 g/mol. The number of carboxylic acid groups (broad SMARTS) is 1. The van der Waals surface area contributed by atoms with Crippen LogP contribution >= 0.6 is 11.8 Å². The van der Waals surface area contributed by atoms with E-state index in [9.17, 15) is 14.7 Å². The largest absolute Gasteiger partial charge is 0.480 e. The second-order valence-corrected chi connectivity index (χ2v) is 7.02. The van der Waals surface area contributed by atoms with E-state index in [1.165, 1.54) is 17.7 Å². The summed E-state index contributed by atoms with van der Waals surface area (Å²) in [6.07, 6.45) is 4.41. The van der Waals surface area contributed by atoms with Gasteiger partial charge in [0.15, 0.2) is 0 Å². The van der Waals surface area contributed by atoms with Gasteiger partial charge in [0.2, 0.25) is 0 Å². The van der Waals surface area contributed by atoms with Crippen LogP contribution in [0.15, 0.2) is 0 Å². The summed E-state index contributed by atoms with van der Waals surface area (Å²) in [4.78, 5) is 25.1. The summed E-state index contributed by atoms with van der Waals surface area (Å²) in [6.45, 7) is 4.88. The third kappa shape index (κ3) is 3.22. The van der Waals surface area contributed by atoms with Crippen molar-refractivity contribution < 1.29 is 14.7 Å². The van der Waals surface area contributed by atoms with Gasteiger partial charge in [0.1, 0.15) is 6.04 Å². The van der Waals surface area contributed by atoms with Crippen molar-refractivity contribution in [2.75, 3.05) is 12.3 Å². The van der Waals surface area contributed by atoms with E-state index in [-0.39, 0.29) is 11.4 Å². The average Bonchev–Trinajstić information content (AvgIpc) is 3.01. The summed E-state index contributed by atoms with van der Waals surface area (Å²) in [5, 5.41) is 12.2. The molecule has 4 atom stereocenters. The molecule has 2 fully saturated rings. The lowest BCUT2D eigenvalue weighted by molar-refractivity contribution is -0.141. The third-order valence-electron chi connectivity index (χ3n) is 4.52. The molecule has 1 aliphatic carbocycles. The van der Waals surface area contributed by atoms with E-state index in [2.05, 4.69) is 12.2 Å². The lowest BCUT2D eigenvalue weighted by Gasteiger charge is -2.28. The topological polar surface area (TPSA) is 69.6 Å². The Morgan fingerprint density at radius 1 is 1.40 bits per heavy atom. The number of urea groups is 1. The Hall–Kier alpha value is -0.910. The van der Waals surface area contributed by atoms with Gasteiger partial charge in [-0.15, -0.1) is 11.8 Å². The number of hydrogen-bond donors (Lipinski definition) is 2. The Labute approximate surface area is 124 Å². The number of nitrogens with zero attached hydrogens (tertiary/aromatic N) is 1. The monoisotopic (exact) mass is 300 g/mol. The quantitative estimate of drug-likeness (QED) is 0.836. The molecule has 1 saturated carbocycles. The highest BCUT2D eigenvalue weighted by atomic mass is 32.2. The first-order valence-electron chi connectivity index (χ1n) is 7.45. The number of nitrogens with one attached hydrogen (secondary N) is 1. The van der Waals surface area contributed by atoms with E-state index in [0.717, 1.165) is 12.8 Å². The van der Waals surface area contributed by atoms with Gasteiger partial charge in [0.05, 0.1) is 5.37 Å². The van der Waals surface area contributed by atoms with Crippen LogP contribution in [-0.4, -0.2) is 45.7 Å². The van der Waals surface area contributed by atoms with Gasteiger partial charge in [0.25, 0.3) is 0 Å². The predicted molar refractivity (Wildman–Crippen MR) is 79.7 cm³/mol. The van der Waals surface area contributed by atoms with Crippen molar-refractivity contribution in [3.05, 3.63) is 0 Å². The summed E-state index contributed by atoms with van der Waals surface area (Å²) in [7, 11) is 0. The van der Waals surface area contributed by atoms with Gasteiger partial charge < -0.3 is 10.4 Å². The molecule has 6 heteroatoms. The van der Waals surface area contributed by atoms with Crippen molar-refractivity contribution in [3.63, 3.8) is 0 Å². The molecular formula is C14H24N2O3S. The summed E-state index contributed by atoms with van der Waals surface area (Å²) >= 11 is 1.56. The fraction of sp³-hybridized carbons (Fsp3) is 0.857. The first kappa shape index (κ1) is 15.5. The Morgan fingerprint density at radius 3 is 2.70 bits per heavy atom. The number of thioether (sulfide) groups is 1. The molecule has 1 aliphatic heterocycles. The molecule has 2 aliphatic rings. The Morgan fingerprint density at radius 2 is 2.15 bits per heavy atom. The first-order chi connectivity index (χ1) is 9.54. The zero-order chi connectivity index (χ0) is 14.7. The van der Waals surface area contributed by atoms with E-state index in [4.69, 9.17) is 0 Å². The normalized spacial score (nSPS) is 33.4. The van der Waals surface area contributed by atoms with Crippen LogP contribution in [0.4, 0.5) is 4.79 Å². The van der Waals surface area contributed by atoms with E-state index in [1.54, 1.807) is 11.8 Å². The molecule has 0 radical (unpaired) electrons. The molecule has 1 heterocycles. The van der Waals surface area contributed by atoms with Crippen LogP contribution < -0.4 is 5.32 Å². The maximum Gasteiger partial charge on any atom is 0.327 e. The number of carboxylic acids is 1. The SMILES string of the molecule is CCC1SCC(C(=O)O)N1C(=O)NCC1CCCC1C. The smallest absolute Gasteiger partial charge is 0.327 e. The van der Waals surface area contributed by atoms with Crippen LogP contribution in [0.2, 0.25) is 0 Å². The molecule has 5 nitrogen and oxygen atoms in total. The second-order valence-electron chi connectivity index (χ2n) is 5.81. The molecule has 0 bridgehead atoms. The van der Waals surface area contributed by atoms with Crippen LogP contribution in [-0.2, 0) is 4.79 Å². The summed E-state index contributed by atoms with van der Waals surface area (Å²) < 4.78 is 0. The van der Waals surface area contributed by atoms with Crippen molar-refractivity contribution in [1.82, 2.24) is 10.2 Å². The highest BCUT2D eigenvalue weighted by molar-refractivity contribution is 8.00. The van der Waals surface area contributed by atoms with Crippen molar-refractivity contribution in [2.24, 2.45) is 11.8 Å². The number of hydrogen-bond acceptors (Lipinski definition) is 3. The van der Waals surface area contributed by atoms with Crippen LogP contribution in [0.25, 0.3) is 0 Å². The van der Waals surface area contributed by atoms with E-state index < -0.39 is 12.0 Å². The molecule has 1 saturated heterocycles. The molecule has 114 valence electrons. The van der Waals surface area contributed by atoms with Crippen molar-refractivity contribution >= 4 is 23.8 Å². The van der Waals surface area contributed by atoms with Gasteiger partial charge in [-0.05, 0) is 24.7 Å². The molecule has 0 aromatic heterocycles. The summed E-state index contributed by atoms with van der Waals surface area (Å²) in [5.41, 5.74) is 0. The standard InChI is InChI=1S/C14H24N2O3S/c1-3-12-16(11(8-20-12)13(17)18)14(19)15-7-10-6-4-5-9(10)2/h9-12H,3-8H2,1-2H3,(H,15,19)(H,17,18). The molecule has 0 aromatic rings. The van der Waals surface area contributed by atoms with Gasteiger partial charge in [-0.25, -0.2) is 9.59 Å². The van der Waals surface area contributed by atoms with Crippen LogP contribution in [0.1, 0.15) is 39.5 Å². The minimum atomic E-state index is -0.905. The van der Waals surface area contributed by atoms with Gasteiger partial charge in [-0.3, -0.25) is 4.90 Å². The van der Waals surface area contributed by atoms with Crippen LogP contribution in [0, 0.1) is 11.8 Å². The second kappa shape index (κ2) is 6.70. The Balaban J connectivity index is 1.93. The fourth-order valence-corrected chi connectivity index (χ4v) is 4.52. The first-order valence-corrected chi connectivity index (χ1v) is 8.50. The maximum absolute atomic E-state index is 12.3. The number of carbonyl (C=O) groups excluding carboxylic acids is 1. The minimum absolute atomic E-state index is 0.0166. The molecule has 0 spiro atoms. The van der Waals surface area contributed by atoms with Gasteiger partial charge in [0, 0.05) is 12.3 Å². The molecule has 20 heavy (non-hydrogen) atoms. The maximum atomic E-state index is 12.3. The van der Waals surface area contributed by atoms with Crippen LogP contribution in [0.3, 0.4) is 0 Å². The molecule has 2 N–H and O–H groups in total. The van der Waals surface area contributed by atoms with E-state index >= 15 is 0 Å². The molecule has 2 amide bonds. The van der Waals surface area contributed by atoms with Gasteiger partial charge in [-0.1, -0.05) is 26.7 Å². The molecule has 2 rings (SSSR count). The van der Waals surface area contributed by atoms with Crippen molar-refractivity contribution in [1.29, 1.82) is 0 Å². The van der Waals surface area contributed by atoms with Crippen molar-refractivity contribution in [2.45, 2.75) is 50.9 Å². The molecule has 0 aromatic carbocycles. The van der Waals surface area contributed by atoms with E-state index in [0.29, 0.717) is 24.1 Å². The number of carbonyl (C=O) groups is 2. The zero-order valence-electron chi connectivity index (χ0n) is 12.2. The minimum Gasteiger partial charge on any atom is -0.480 e. The lowest BCUT2D eigenvalue weighted by Crippen LogP contribution is -2.50. The molecule has 4 unspecified atom stereocenters. The van der Waals surface area contributed by atoms with Crippen molar-refractivity contribution in [3.8, 4) is 0 Å². The number of aliphatic carboxylic acids is 1.